The summed E-state index contributed by atoms with van der Waals surface area (Å²) in [5.41, 5.74) is 4.52. The summed E-state index contributed by atoms with van der Waals surface area (Å²) < 4.78 is 15.7. The lowest BCUT2D eigenvalue weighted by Crippen LogP contribution is -2.14. The molecule has 3 rings (SSSR count). The maximum Gasteiger partial charge on any atom is 0.157 e. The number of imidazole rings is 1. The van der Waals surface area contributed by atoms with Gasteiger partial charge in [0.25, 0.3) is 0 Å². The van der Waals surface area contributed by atoms with E-state index < -0.39 is 0 Å². The Bertz CT molecular complexity index is 862. The van der Waals surface area contributed by atoms with Crippen molar-refractivity contribution in [2.24, 2.45) is 0 Å². The minimum absolute atomic E-state index is 0.0615. The molecule has 1 aromatic carbocycles. The Kier molecular flexibility index (Phi) is 3.56. The van der Waals surface area contributed by atoms with E-state index >= 15 is 0 Å². The van der Waals surface area contributed by atoms with Crippen molar-refractivity contribution in [1.29, 1.82) is 0 Å². The highest BCUT2D eigenvalue weighted by Crippen LogP contribution is 2.31. The Labute approximate surface area is 137 Å². The molecule has 0 atom stereocenters. The monoisotopic (exact) mass is 361 g/mol. The van der Waals surface area contributed by atoms with Gasteiger partial charge < -0.3 is 0 Å². The van der Waals surface area contributed by atoms with Gasteiger partial charge in [-0.05, 0) is 52.5 Å². The second kappa shape index (κ2) is 5.16. The first-order valence-corrected chi connectivity index (χ1v) is 7.88. The van der Waals surface area contributed by atoms with Gasteiger partial charge in [0.1, 0.15) is 5.82 Å². The van der Waals surface area contributed by atoms with Crippen molar-refractivity contribution in [1.82, 2.24) is 14.6 Å². The lowest BCUT2D eigenvalue weighted by molar-refractivity contribution is 0.589. The topological polar surface area (TPSA) is 30.2 Å². The van der Waals surface area contributed by atoms with Crippen LogP contribution in [-0.4, -0.2) is 14.6 Å². The number of rotatable bonds is 1. The number of hydrogen-bond acceptors (Lipinski definition) is 2. The largest absolute Gasteiger partial charge is 0.232 e. The van der Waals surface area contributed by atoms with Crippen LogP contribution in [0.1, 0.15) is 32.0 Å². The van der Waals surface area contributed by atoms with Gasteiger partial charge in [0.05, 0.1) is 22.1 Å². The predicted molar refractivity (Wildman–Crippen MR) is 89.5 cm³/mol. The SMILES string of the molecule is Cc1cn2nc(-c3ccc(F)c(Br)c3)cc(C(C)(C)C)c2n1. The Morgan fingerprint density at radius 1 is 1.18 bits per heavy atom. The number of halogens is 2. The van der Waals surface area contributed by atoms with Crippen LogP contribution in [0.2, 0.25) is 0 Å². The summed E-state index contributed by atoms with van der Waals surface area (Å²) in [5.74, 6) is -0.278. The quantitative estimate of drug-likeness (QED) is 0.616. The molecule has 3 aromatic rings. The molecule has 0 bridgehead atoms. The van der Waals surface area contributed by atoms with E-state index in [1.807, 2.05) is 23.7 Å². The first-order valence-electron chi connectivity index (χ1n) is 7.08. The predicted octanol–water partition coefficient (Wildman–Crippen LogP) is 4.90. The van der Waals surface area contributed by atoms with Crippen LogP contribution >= 0.6 is 15.9 Å². The number of hydrogen-bond donors (Lipinski definition) is 0. The van der Waals surface area contributed by atoms with E-state index in [0.29, 0.717) is 4.47 Å². The fourth-order valence-electron chi connectivity index (χ4n) is 2.44. The average molecular weight is 362 g/mol. The van der Waals surface area contributed by atoms with Crippen LogP contribution in [-0.2, 0) is 5.41 Å². The first-order chi connectivity index (χ1) is 10.3. The number of benzene rings is 1. The van der Waals surface area contributed by atoms with Crippen LogP contribution in [0.4, 0.5) is 4.39 Å². The van der Waals surface area contributed by atoms with Crippen molar-refractivity contribution in [2.75, 3.05) is 0 Å². The van der Waals surface area contributed by atoms with Crippen molar-refractivity contribution < 1.29 is 4.39 Å². The van der Waals surface area contributed by atoms with Crippen LogP contribution in [0.25, 0.3) is 16.9 Å². The highest BCUT2D eigenvalue weighted by Gasteiger charge is 2.21. The molecule has 0 spiro atoms. The Morgan fingerprint density at radius 3 is 2.55 bits per heavy atom. The molecule has 0 aliphatic heterocycles. The van der Waals surface area contributed by atoms with E-state index in [2.05, 4.69) is 46.8 Å². The molecule has 0 saturated heterocycles. The second-order valence-electron chi connectivity index (χ2n) is 6.47. The summed E-state index contributed by atoms with van der Waals surface area (Å²) in [5, 5.41) is 4.62. The lowest BCUT2D eigenvalue weighted by atomic mass is 9.87. The van der Waals surface area contributed by atoms with E-state index in [-0.39, 0.29) is 11.2 Å². The van der Waals surface area contributed by atoms with Crippen molar-refractivity contribution in [3.8, 4) is 11.3 Å². The fraction of sp³-hybridized carbons (Fsp3) is 0.294. The molecule has 0 N–H and O–H groups in total. The molecule has 2 heterocycles. The maximum absolute atomic E-state index is 13.5. The van der Waals surface area contributed by atoms with E-state index in [4.69, 9.17) is 0 Å². The lowest BCUT2D eigenvalue weighted by Gasteiger charge is -2.20. The number of nitrogens with zero attached hydrogens (tertiary/aromatic N) is 3. The minimum atomic E-state index is -0.278. The first kappa shape index (κ1) is 15.2. The second-order valence-corrected chi connectivity index (χ2v) is 7.33. The number of fused-ring (bicyclic) bond motifs is 1. The van der Waals surface area contributed by atoms with Crippen molar-refractivity contribution in [3.63, 3.8) is 0 Å². The molecular weight excluding hydrogens is 345 g/mol. The maximum atomic E-state index is 13.5. The van der Waals surface area contributed by atoms with Gasteiger partial charge in [0.15, 0.2) is 5.65 Å². The summed E-state index contributed by atoms with van der Waals surface area (Å²) in [4.78, 5) is 4.58. The van der Waals surface area contributed by atoms with Crippen LogP contribution < -0.4 is 0 Å². The molecule has 0 radical (unpaired) electrons. The van der Waals surface area contributed by atoms with Gasteiger partial charge >= 0.3 is 0 Å². The van der Waals surface area contributed by atoms with E-state index in [1.165, 1.54) is 6.07 Å². The number of aromatic nitrogens is 3. The molecule has 2 aromatic heterocycles. The Hall–Kier alpha value is -1.75. The van der Waals surface area contributed by atoms with Gasteiger partial charge in [0, 0.05) is 11.1 Å². The zero-order valence-corrected chi connectivity index (χ0v) is 14.6. The molecule has 5 heteroatoms. The highest BCUT2D eigenvalue weighted by atomic mass is 79.9. The average Bonchev–Trinajstić information content (AvgIpc) is 2.79. The third-order valence-corrected chi connectivity index (χ3v) is 4.18. The fourth-order valence-corrected chi connectivity index (χ4v) is 2.82. The molecular formula is C17H17BrFN3. The number of aryl methyl sites for hydroxylation is 1. The minimum Gasteiger partial charge on any atom is -0.232 e. The Balaban J connectivity index is 2.28. The highest BCUT2D eigenvalue weighted by molar-refractivity contribution is 9.10. The van der Waals surface area contributed by atoms with Gasteiger partial charge in [-0.25, -0.2) is 13.9 Å². The molecule has 0 aliphatic carbocycles. The zero-order chi connectivity index (χ0) is 16.1. The van der Waals surface area contributed by atoms with E-state index in [9.17, 15) is 4.39 Å². The third kappa shape index (κ3) is 2.65. The van der Waals surface area contributed by atoms with Crippen LogP contribution in [0.5, 0.6) is 0 Å². The summed E-state index contributed by atoms with van der Waals surface area (Å²) in [6, 6.07) is 6.98. The van der Waals surface area contributed by atoms with Gasteiger partial charge in [0.2, 0.25) is 0 Å². The molecule has 22 heavy (non-hydrogen) atoms. The third-order valence-electron chi connectivity index (χ3n) is 3.57. The summed E-state index contributed by atoms with van der Waals surface area (Å²) in [6.07, 6.45) is 1.91. The molecule has 0 aliphatic rings. The molecule has 3 nitrogen and oxygen atoms in total. The summed E-state index contributed by atoms with van der Waals surface area (Å²) in [6.45, 7) is 8.40. The summed E-state index contributed by atoms with van der Waals surface area (Å²) in [7, 11) is 0. The van der Waals surface area contributed by atoms with E-state index in [0.717, 1.165) is 28.2 Å². The van der Waals surface area contributed by atoms with Crippen molar-refractivity contribution >= 4 is 21.6 Å². The van der Waals surface area contributed by atoms with Gasteiger partial charge in [-0.2, -0.15) is 5.10 Å². The normalized spacial score (nSPS) is 12.1. The van der Waals surface area contributed by atoms with Crippen molar-refractivity contribution in [2.45, 2.75) is 33.1 Å². The standard InChI is InChI=1S/C17H17BrFN3/c1-10-9-22-16(20-10)12(17(2,3)4)8-15(21-22)11-5-6-14(19)13(18)7-11/h5-9H,1-4H3. The molecule has 0 unspecified atom stereocenters. The van der Waals surface area contributed by atoms with Gasteiger partial charge in [-0.1, -0.05) is 20.8 Å². The van der Waals surface area contributed by atoms with Crippen LogP contribution in [0.15, 0.2) is 34.9 Å². The Morgan fingerprint density at radius 2 is 1.91 bits per heavy atom. The summed E-state index contributed by atoms with van der Waals surface area (Å²) >= 11 is 3.23. The molecule has 114 valence electrons. The van der Waals surface area contributed by atoms with Gasteiger partial charge in [-0.3, -0.25) is 0 Å². The molecule has 0 amide bonds. The zero-order valence-electron chi connectivity index (χ0n) is 13.0. The van der Waals surface area contributed by atoms with Crippen LogP contribution in [0, 0.1) is 12.7 Å². The molecule has 0 saturated carbocycles. The van der Waals surface area contributed by atoms with Crippen LogP contribution in [0.3, 0.4) is 0 Å². The van der Waals surface area contributed by atoms with Crippen molar-refractivity contribution in [3.05, 3.63) is 52.0 Å². The van der Waals surface area contributed by atoms with E-state index in [1.54, 1.807) is 12.1 Å². The smallest absolute Gasteiger partial charge is 0.157 e. The molecule has 0 fully saturated rings. The van der Waals surface area contributed by atoms with Gasteiger partial charge in [-0.15, -0.1) is 0 Å².